The van der Waals surface area contributed by atoms with Gasteiger partial charge in [0.15, 0.2) is 28.4 Å². The van der Waals surface area contributed by atoms with Crippen LogP contribution in [0.1, 0.15) is 28.9 Å². The molecule has 43 heavy (non-hydrogen) atoms. The molecule has 17 heteroatoms. The first-order valence-corrected chi connectivity index (χ1v) is 13.9. The quantitative estimate of drug-likeness (QED) is 0.0463. The average molecular weight is 629 g/mol. The normalized spacial score (nSPS) is 14.7. The summed E-state index contributed by atoms with van der Waals surface area (Å²) >= 11 is 5.79. The minimum Gasteiger partial charge on any atom is -0.492 e. The summed E-state index contributed by atoms with van der Waals surface area (Å²) in [6.07, 6.45) is -3.03. The van der Waals surface area contributed by atoms with Gasteiger partial charge in [-0.3, -0.25) is 20.0 Å². The standard InChI is InChI=1S/C26H41ClN8O8/c27-22-24(29)33-23(28)21(32-22)25(42)34-26(30)31-8-2-1-3-15-4-6-16(7-5-15)43-10-9-35(11-17(38)19(40)13-36)12-18(39)20(41)14-37/h4-7,17-20,36-41H,1-3,8-14H2,(H4,28,29,33)(H3,30,31,34,42)/t17-,18-,19-,20-/m0/s1. The summed E-state index contributed by atoms with van der Waals surface area (Å²) < 4.78 is 5.76. The van der Waals surface area contributed by atoms with Gasteiger partial charge in [-0.15, -0.1) is 0 Å². The van der Waals surface area contributed by atoms with Crippen LogP contribution in [0.25, 0.3) is 0 Å². The number of hydrogen-bond acceptors (Lipinski definition) is 14. The lowest BCUT2D eigenvalue weighted by Crippen LogP contribution is -2.47. The molecule has 1 amide bonds. The SMILES string of the molecule is NC(=NCCCCc1ccc(OCCN(C[C@H](O)[C@@H](O)CO)C[C@H](O)[C@@H](O)CO)cc1)NC(=O)c1nc(Cl)c(N)nc1N. The molecule has 1 aromatic heterocycles. The van der Waals surface area contributed by atoms with Gasteiger partial charge in [-0.1, -0.05) is 23.7 Å². The molecule has 0 spiro atoms. The number of nitrogens with zero attached hydrogens (tertiary/aromatic N) is 4. The zero-order valence-corrected chi connectivity index (χ0v) is 24.3. The molecule has 0 aliphatic heterocycles. The second kappa shape index (κ2) is 18.3. The highest BCUT2D eigenvalue weighted by Crippen LogP contribution is 2.17. The molecule has 2 rings (SSSR count). The Morgan fingerprint density at radius 2 is 1.56 bits per heavy atom. The van der Waals surface area contributed by atoms with E-state index in [1.54, 1.807) is 17.0 Å². The number of nitrogens with one attached hydrogen (secondary N) is 1. The van der Waals surface area contributed by atoms with Crippen LogP contribution >= 0.6 is 11.6 Å². The number of nitrogen functional groups attached to an aromatic ring is 2. The molecule has 0 aliphatic rings. The number of hydrogen-bond donors (Lipinski definition) is 10. The van der Waals surface area contributed by atoms with Crippen molar-refractivity contribution < 1.29 is 40.2 Å². The second-order valence-corrected chi connectivity index (χ2v) is 10.1. The molecule has 16 nitrogen and oxygen atoms in total. The number of aliphatic imine (C=N–C) groups is 1. The van der Waals surface area contributed by atoms with Gasteiger partial charge >= 0.3 is 0 Å². The van der Waals surface area contributed by atoms with Crippen LogP contribution in [0.5, 0.6) is 5.75 Å². The highest BCUT2D eigenvalue weighted by atomic mass is 35.5. The number of carbonyl (C=O) groups is 1. The van der Waals surface area contributed by atoms with Crippen LogP contribution in [0.4, 0.5) is 11.6 Å². The maximum Gasteiger partial charge on any atom is 0.280 e. The van der Waals surface area contributed by atoms with E-state index < -0.39 is 43.5 Å². The molecular weight excluding hydrogens is 588 g/mol. The number of anilines is 2. The molecule has 2 aromatic rings. The first kappa shape index (κ1) is 35.8. The van der Waals surface area contributed by atoms with Gasteiger partial charge in [-0.05, 0) is 37.0 Å². The third-order valence-corrected chi connectivity index (χ3v) is 6.55. The van der Waals surface area contributed by atoms with Crippen molar-refractivity contribution in [2.45, 2.75) is 43.7 Å². The number of aliphatic hydroxyl groups is 6. The highest BCUT2D eigenvalue weighted by molar-refractivity contribution is 6.31. The molecule has 4 atom stereocenters. The molecule has 0 saturated carbocycles. The van der Waals surface area contributed by atoms with E-state index in [2.05, 4.69) is 20.3 Å². The van der Waals surface area contributed by atoms with E-state index in [1.807, 2.05) is 12.1 Å². The lowest BCUT2D eigenvalue weighted by Gasteiger charge is -2.29. The second-order valence-electron chi connectivity index (χ2n) is 9.70. The molecule has 240 valence electrons. The molecule has 0 saturated heterocycles. The Balaban J connectivity index is 1.76. The van der Waals surface area contributed by atoms with E-state index in [1.165, 1.54) is 0 Å². The minimum absolute atomic E-state index is 0.0918. The van der Waals surface area contributed by atoms with Crippen molar-refractivity contribution >= 4 is 35.1 Å². The number of benzene rings is 1. The third kappa shape index (κ3) is 12.4. The van der Waals surface area contributed by atoms with Crippen molar-refractivity contribution in [1.29, 1.82) is 0 Å². The number of carbonyl (C=O) groups excluding carboxylic acids is 1. The van der Waals surface area contributed by atoms with Crippen molar-refractivity contribution in [3.63, 3.8) is 0 Å². The van der Waals surface area contributed by atoms with E-state index >= 15 is 0 Å². The van der Waals surface area contributed by atoms with Gasteiger partial charge in [0.2, 0.25) is 0 Å². The van der Waals surface area contributed by atoms with Crippen molar-refractivity contribution in [1.82, 2.24) is 20.2 Å². The van der Waals surface area contributed by atoms with Crippen LogP contribution in [-0.4, -0.2) is 128 Å². The van der Waals surface area contributed by atoms with E-state index in [4.69, 9.17) is 43.8 Å². The topological polar surface area (TPSA) is 279 Å². The summed E-state index contributed by atoms with van der Waals surface area (Å²) in [4.78, 5) is 25.5. The number of aryl methyl sites for hydroxylation is 1. The summed E-state index contributed by atoms with van der Waals surface area (Å²) in [6, 6.07) is 7.43. The lowest BCUT2D eigenvalue weighted by molar-refractivity contribution is -0.0551. The number of unbranched alkanes of at least 4 members (excludes halogenated alkanes) is 1. The number of ether oxygens (including phenoxy) is 1. The fourth-order valence-electron chi connectivity index (χ4n) is 3.78. The monoisotopic (exact) mass is 628 g/mol. The van der Waals surface area contributed by atoms with E-state index in [9.17, 15) is 25.2 Å². The van der Waals surface area contributed by atoms with Crippen LogP contribution < -0.4 is 27.3 Å². The number of rotatable bonds is 18. The first-order valence-electron chi connectivity index (χ1n) is 13.5. The number of amides is 1. The van der Waals surface area contributed by atoms with E-state index in [-0.39, 0.29) is 54.7 Å². The predicted octanol–water partition coefficient (Wildman–Crippen LogP) is -2.53. The Labute approximate surface area is 253 Å². The number of aromatic nitrogens is 2. The maximum atomic E-state index is 12.3. The number of nitrogens with two attached hydrogens (primary N) is 3. The third-order valence-electron chi connectivity index (χ3n) is 6.27. The highest BCUT2D eigenvalue weighted by Gasteiger charge is 2.24. The lowest BCUT2D eigenvalue weighted by atomic mass is 10.1. The molecule has 0 aliphatic carbocycles. The van der Waals surface area contributed by atoms with Crippen LogP contribution in [0, 0.1) is 0 Å². The summed E-state index contributed by atoms with van der Waals surface area (Å²) in [7, 11) is 0. The Hall–Kier alpha value is -3.35. The van der Waals surface area contributed by atoms with Gasteiger partial charge < -0.3 is 52.6 Å². The van der Waals surface area contributed by atoms with Gasteiger partial charge in [0.05, 0.1) is 25.4 Å². The van der Waals surface area contributed by atoms with Gasteiger partial charge in [-0.2, -0.15) is 0 Å². The van der Waals surface area contributed by atoms with Crippen molar-refractivity contribution in [3.8, 4) is 5.75 Å². The Bertz CT molecular complexity index is 1160. The summed E-state index contributed by atoms with van der Waals surface area (Å²) in [5.74, 6) is -0.491. The van der Waals surface area contributed by atoms with Crippen molar-refractivity contribution in [2.24, 2.45) is 10.7 Å². The molecule has 13 N–H and O–H groups in total. The van der Waals surface area contributed by atoms with Crippen molar-refractivity contribution in [2.75, 3.05) is 57.5 Å². The van der Waals surface area contributed by atoms with Gasteiger partial charge in [-0.25, -0.2) is 9.97 Å². The molecule has 0 fully saturated rings. The summed E-state index contributed by atoms with van der Waals surface area (Å²) in [5.41, 5.74) is 17.8. The smallest absolute Gasteiger partial charge is 0.280 e. The van der Waals surface area contributed by atoms with Crippen LogP contribution in [0.3, 0.4) is 0 Å². The van der Waals surface area contributed by atoms with Crippen LogP contribution in [-0.2, 0) is 6.42 Å². The number of halogens is 1. The Kier molecular flexibility index (Phi) is 15.3. The summed E-state index contributed by atoms with van der Waals surface area (Å²) in [5, 5.41) is 59.7. The van der Waals surface area contributed by atoms with E-state index in [0.717, 1.165) is 18.4 Å². The molecule has 0 unspecified atom stereocenters. The van der Waals surface area contributed by atoms with Gasteiger partial charge in [0, 0.05) is 26.2 Å². The van der Waals surface area contributed by atoms with E-state index in [0.29, 0.717) is 18.7 Å². The number of guanidine groups is 1. The molecule has 1 heterocycles. The Morgan fingerprint density at radius 1 is 0.953 bits per heavy atom. The van der Waals surface area contributed by atoms with Crippen LogP contribution in [0.2, 0.25) is 5.15 Å². The average Bonchev–Trinajstić information content (AvgIpc) is 2.98. The van der Waals surface area contributed by atoms with Crippen molar-refractivity contribution in [3.05, 3.63) is 40.7 Å². The van der Waals surface area contributed by atoms with Gasteiger partial charge in [0.1, 0.15) is 24.6 Å². The van der Waals surface area contributed by atoms with Crippen LogP contribution in [0.15, 0.2) is 29.3 Å². The molecule has 0 bridgehead atoms. The molecule has 1 aromatic carbocycles. The molecular formula is C26H41ClN8O8. The molecule has 0 radical (unpaired) electrons. The fraction of sp³-hybridized carbons (Fsp3) is 0.538. The maximum absolute atomic E-state index is 12.3. The zero-order valence-electron chi connectivity index (χ0n) is 23.6. The predicted molar refractivity (Wildman–Crippen MR) is 159 cm³/mol. The first-order chi connectivity index (χ1) is 20.4. The Morgan fingerprint density at radius 3 is 2.14 bits per heavy atom. The fourth-order valence-corrected chi connectivity index (χ4v) is 3.91. The zero-order chi connectivity index (χ0) is 31.9. The van der Waals surface area contributed by atoms with Gasteiger partial charge in [0.25, 0.3) is 5.91 Å². The summed E-state index contributed by atoms with van der Waals surface area (Å²) in [6.45, 7) is -0.681. The largest absolute Gasteiger partial charge is 0.492 e. The minimum atomic E-state index is -1.36. The number of aliphatic hydroxyl groups excluding tert-OH is 6.